The first-order valence-electron chi connectivity index (χ1n) is 8.43. The smallest absolute Gasteiger partial charge is 0.333 e. The molecule has 1 heterocycles. The number of hydrogen-bond acceptors (Lipinski definition) is 5. The number of esters is 1. The molecular weight excluding hydrogens is 332 g/mol. The van der Waals surface area contributed by atoms with E-state index in [2.05, 4.69) is 5.32 Å². The van der Waals surface area contributed by atoms with Crippen LogP contribution in [0.25, 0.3) is 0 Å². The van der Waals surface area contributed by atoms with Gasteiger partial charge in [0.2, 0.25) is 5.91 Å². The Kier molecular flexibility index (Phi) is 5.53. The number of methoxy groups -OCH3 is 2. The van der Waals surface area contributed by atoms with Crippen molar-refractivity contribution in [3.8, 4) is 5.75 Å². The molecule has 26 heavy (non-hydrogen) atoms. The van der Waals surface area contributed by atoms with Crippen molar-refractivity contribution in [1.82, 2.24) is 10.2 Å². The maximum Gasteiger partial charge on any atom is 0.333 e. The van der Waals surface area contributed by atoms with Gasteiger partial charge >= 0.3 is 5.97 Å². The quantitative estimate of drug-likeness (QED) is 0.608. The van der Waals surface area contributed by atoms with Crippen molar-refractivity contribution in [2.45, 2.75) is 18.6 Å². The van der Waals surface area contributed by atoms with E-state index in [-0.39, 0.29) is 11.9 Å². The molecule has 0 spiro atoms. The minimum atomic E-state index is -0.803. The first-order chi connectivity index (χ1) is 12.6. The van der Waals surface area contributed by atoms with Gasteiger partial charge in [-0.05, 0) is 11.6 Å². The van der Waals surface area contributed by atoms with Gasteiger partial charge in [0.25, 0.3) is 0 Å². The number of hydrogen-bond donors (Lipinski definition) is 1. The second kappa shape index (κ2) is 8.01. The summed E-state index contributed by atoms with van der Waals surface area (Å²) < 4.78 is 10.2. The highest BCUT2D eigenvalue weighted by atomic mass is 16.5. The van der Waals surface area contributed by atoms with E-state index in [1.54, 1.807) is 19.2 Å². The molecule has 1 saturated heterocycles. The number of nitrogens with zero attached hydrogens (tertiary/aromatic N) is 1. The van der Waals surface area contributed by atoms with Crippen molar-refractivity contribution in [2.24, 2.45) is 0 Å². The lowest BCUT2D eigenvalue weighted by Gasteiger charge is -2.17. The Morgan fingerprint density at radius 3 is 2.50 bits per heavy atom. The van der Waals surface area contributed by atoms with Gasteiger partial charge in [-0.15, -0.1) is 0 Å². The van der Waals surface area contributed by atoms with Crippen molar-refractivity contribution in [1.29, 1.82) is 0 Å². The number of amides is 1. The molecule has 1 aliphatic rings. The van der Waals surface area contributed by atoms with Gasteiger partial charge in [-0.2, -0.15) is 0 Å². The Bertz CT molecular complexity index is 778. The molecule has 0 aromatic heterocycles. The summed E-state index contributed by atoms with van der Waals surface area (Å²) in [6.07, 6.45) is 0. The van der Waals surface area contributed by atoms with Crippen molar-refractivity contribution in [3.05, 3.63) is 65.7 Å². The van der Waals surface area contributed by atoms with Crippen LogP contribution in [-0.4, -0.2) is 43.6 Å². The van der Waals surface area contributed by atoms with Gasteiger partial charge in [-0.25, -0.2) is 4.79 Å². The molecular formula is C20H22N2O4. The predicted octanol–water partition coefficient (Wildman–Crippen LogP) is 1.91. The molecule has 2 aromatic rings. The van der Waals surface area contributed by atoms with Crippen molar-refractivity contribution in [2.75, 3.05) is 20.8 Å². The van der Waals surface area contributed by atoms with Crippen LogP contribution in [0.2, 0.25) is 0 Å². The van der Waals surface area contributed by atoms with Crippen LogP contribution in [0.15, 0.2) is 54.6 Å². The van der Waals surface area contributed by atoms with E-state index in [0.29, 0.717) is 18.7 Å². The zero-order chi connectivity index (χ0) is 18.5. The number of ether oxygens (including phenoxy) is 2. The third kappa shape index (κ3) is 4.03. The maximum atomic E-state index is 12.6. The van der Waals surface area contributed by atoms with Crippen LogP contribution in [0.4, 0.5) is 0 Å². The monoisotopic (exact) mass is 354 g/mol. The topological polar surface area (TPSA) is 67.6 Å². The minimum Gasteiger partial charge on any atom is -0.496 e. The number of carbonyl (C=O) groups excluding carboxylic acids is 2. The van der Waals surface area contributed by atoms with Gasteiger partial charge in [-0.3, -0.25) is 9.69 Å². The molecule has 6 heteroatoms. The van der Waals surface area contributed by atoms with Gasteiger partial charge in [0, 0.05) is 18.7 Å². The van der Waals surface area contributed by atoms with Crippen LogP contribution in [0.3, 0.4) is 0 Å². The number of para-hydroxylation sites is 1. The second-order valence-electron chi connectivity index (χ2n) is 6.13. The molecule has 0 bridgehead atoms. The first-order valence-corrected chi connectivity index (χ1v) is 8.43. The summed E-state index contributed by atoms with van der Waals surface area (Å²) in [4.78, 5) is 26.7. The number of carbonyl (C=O) groups is 2. The zero-order valence-corrected chi connectivity index (χ0v) is 14.8. The Labute approximate surface area is 152 Å². The van der Waals surface area contributed by atoms with Crippen LogP contribution in [0.5, 0.6) is 5.75 Å². The maximum absolute atomic E-state index is 12.6. The largest absolute Gasteiger partial charge is 0.496 e. The first kappa shape index (κ1) is 17.9. The average Bonchev–Trinajstić information content (AvgIpc) is 3.45. The fraction of sp³-hybridized carbons (Fsp3) is 0.300. The third-order valence-corrected chi connectivity index (χ3v) is 4.44. The molecule has 3 unspecified atom stereocenters. The molecule has 0 saturated carbocycles. The van der Waals surface area contributed by atoms with Crippen LogP contribution in [-0.2, 0) is 20.9 Å². The summed E-state index contributed by atoms with van der Waals surface area (Å²) in [6, 6.07) is 15.8. The summed E-state index contributed by atoms with van der Waals surface area (Å²) in [7, 11) is 2.95. The lowest BCUT2D eigenvalue weighted by atomic mass is 10.1. The van der Waals surface area contributed by atoms with E-state index < -0.39 is 12.0 Å². The van der Waals surface area contributed by atoms with Gasteiger partial charge in [0.15, 0.2) is 6.04 Å². The molecule has 1 amide bonds. The summed E-state index contributed by atoms with van der Waals surface area (Å²) in [5, 5.41) is 2.80. The van der Waals surface area contributed by atoms with E-state index in [1.807, 2.05) is 47.4 Å². The molecule has 3 atom stereocenters. The third-order valence-electron chi connectivity index (χ3n) is 4.44. The summed E-state index contributed by atoms with van der Waals surface area (Å²) in [5.41, 5.74) is 1.72. The van der Waals surface area contributed by atoms with Crippen LogP contribution < -0.4 is 10.1 Å². The summed E-state index contributed by atoms with van der Waals surface area (Å²) >= 11 is 0. The lowest BCUT2D eigenvalue weighted by Crippen LogP contribution is -2.38. The number of nitrogens with one attached hydrogen (secondary N) is 1. The van der Waals surface area contributed by atoms with Crippen molar-refractivity contribution >= 4 is 11.9 Å². The molecule has 1 N–H and O–H groups in total. The molecule has 0 aliphatic carbocycles. The van der Waals surface area contributed by atoms with Gasteiger partial charge in [-0.1, -0.05) is 48.5 Å². The summed E-state index contributed by atoms with van der Waals surface area (Å²) in [5.74, 6) is 0.135. The van der Waals surface area contributed by atoms with Crippen LogP contribution >= 0.6 is 0 Å². The normalized spacial score (nSPS) is 19.3. The molecule has 1 aliphatic heterocycles. The van der Waals surface area contributed by atoms with Gasteiger partial charge < -0.3 is 14.8 Å². The Balaban J connectivity index is 1.64. The average molecular weight is 354 g/mol. The Hall–Kier alpha value is -2.86. The predicted molar refractivity (Wildman–Crippen MR) is 96.5 cm³/mol. The molecule has 1 fully saturated rings. The van der Waals surface area contributed by atoms with Crippen molar-refractivity contribution < 1.29 is 19.1 Å². The van der Waals surface area contributed by atoms with E-state index in [9.17, 15) is 9.59 Å². The van der Waals surface area contributed by atoms with Gasteiger partial charge in [0.05, 0.1) is 14.2 Å². The highest BCUT2D eigenvalue weighted by molar-refractivity contribution is 5.90. The Morgan fingerprint density at radius 1 is 1.12 bits per heavy atom. The van der Waals surface area contributed by atoms with Crippen molar-refractivity contribution in [3.63, 3.8) is 0 Å². The number of rotatable bonds is 7. The lowest BCUT2D eigenvalue weighted by molar-refractivity contribution is -0.145. The molecule has 6 nitrogen and oxygen atoms in total. The van der Waals surface area contributed by atoms with Crippen LogP contribution in [0.1, 0.15) is 17.2 Å². The second-order valence-corrected chi connectivity index (χ2v) is 6.13. The van der Waals surface area contributed by atoms with E-state index in [1.165, 1.54) is 7.11 Å². The zero-order valence-electron chi connectivity index (χ0n) is 14.8. The van der Waals surface area contributed by atoms with Crippen LogP contribution in [0, 0.1) is 0 Å². The highest BCUT2D eigenvalue weighted by Gasteiger charge is 2.42. The van der Waals surface area contributed by atoms with E-state index in [0.717, 1.165) is 11.3 Å². The molecule has 136 valence electrons. The van der Waals surface area contributed by atoms with E-state index in [4.69, 9.17) is 9.47 Å². The van der Waals surface area contributed by atoms with E-state index >= 15 is 0 Å². The number of benzene rings is 2. The standard InChI is InChI=1S/C20H22N2O4/c1-25-17-11-7-6-10-15(17)12-22-13-16(22)19(23)21-18(20(24)26-2)14-8-4-3-5-9-14/h3-11,16,18H,12-13H2,1-2H3,(H,21,23). The Morgan fingerprint density at radius 2 is 1.81 bits per heavy atom. The molecule has 0 radical (unpaired) electrons. The molecule has 2 aromatic carbocycles. The highest BCUT2D eigenvalue weighted by Crippen LogP contribution is 2.27. The fourth-order valence-electron chi connectivity index (χ4n) is 2.93. The fourth-order valence-corrected chi connectivity index (χ4v) is 2.93. The SMILES string of the molecule is COC(=O)C(NC(=O)C1CN1Cc1ccccc1OC)c1ccccc1. The van der Waals surface area contributed by atoms with Gasteiger partial charge in [0.1, 0.15) is 11.8 Å². The summed E-state index contributed by atoms with van der Waals surface area (Å²) in [6.45, 7) is 1.27. The minimum absolute atomic E-state index is 0.181. The molecule has 3 rings (SSSR count).